The van der Waals surface area contributed by atoms with Crippen LogP contribution in [0.2, 0.25) is 0 Å². The summed E-state index contributed by atoms with van der Waals surface area (Å²) >= 11 is 0. The van der Waals surface area contributed by atoms with E-state index in [9.17, 15) is 9.18 Å². The highest BCUT2D eigenvalue weighted by atomic mass is 19.1. The van der Waals surface area contributed by atoms with Gasteiger partial charge in [-0.1, -0.05) is 48.5 Å². The number of aromatic nitrogens is 2. The predicted molar refractivity (Wildman–Crippen MR) is 115 cm³/mol. The van der Waals surface area contributed by atoms with E-state index in [-0.39, 0.29) is 23.6 Å². The molecular weight excluding hydrogens is 384 g/mol. The summed E-state index contributed by atoms with van der Waals surface area (Å²) < 4.78 is 33.3. The number of halogens is 2. The molecule has 0 spiro atoms. The minimum absolute atomic E-state index is 0.119. The number of aryl methyl sites for hydroxylation is 1. The Balaban J connectivity index is 2.06. The van der Waals surface area contributed by atoms with Crippen molar-refractivity contribution in [3.05, 3.63) is 99.6 Å². The van der Waals surface area contributed by atoms with Crippen LogP contribution in [0, 0.1) is 18.6 Å². The molecule has 2 heterocycles. The first-order valence-corrected chi connectivity index (χ1v) is 9.75. The lowest BCUT2D eigenvalue weighted by molar-refractivity contribution is 0.395. The third-order valence-corrected chi connectivity index (χ3v) is 5.18. The van der Waals surface area contributed by atoms with Gasteiger partial charge in [-0.2, -0.15) is 0 Å². The topological polar surface area (TPSA) is 29.6 Å². The van der Waals surface area contributed by atoms with Crippen LogP contribution < -0.4 is 5.56 Å². The van der Waals surface area contributed by atoms with E-state index in [4.69, 9.17) is 0 Å². The van der Waals surface area contributed by atoms with Gasteiger partial charge in [-0.15, -0.1) is 0 Å². The lowest BCUT2D eigenvalue weighted by atomic mass is 10.1. The SMILES string of the molecule is Cc1cn(Cc2ccccc2F)c2c(F)c(-c3ccccc3)c(CN(C)C)n2c1=O. The number of nitrogens with zero attached hydrogens (tertiary/aromatic N) is 3. The molecule has 154 valence electrons. The third kappa shape index (κ3) is 3.44. The molecule has 0 N–H and O–H groups in total. The molecule has 0 radical (unpaired) electrons. The highest BCUT2D eigenvalue weighted by Crippen LogP contribution is 2.32. The van der Waals surface area contributed by atoms with E-state index in [0.717, 1.165) is 0 Å². The molecular formula is C24H23F2N3O. The molecule has 30 heavy (non-hydrogen) atoms. The van der Waals surface area contributed by atoms with Crippen molar-refractivity contribution in [1.29, 1.82) is 0 Å². The number of hydrogen-bond donors (Lipinski definition) is 0. The highest BCUT2D eigenvalue weighted by Gasteiger charge is 2.25. The first-order valence-electron chi connectivity index (χ1n) is 9.75. The lowest BCUT2D eigenvalue weighted by Gasteiger charge is -2.14. The zero-order valence-corrected chi connectivity index (χ0v) is 17.2. The molecule has 0 fully saturated rings. The molecule has 0 amide bonds. The van der Waals surface area contributed by atoms with Crippen LogP contribution in [-0.4, -0.2) is 28.0 Å². The van der Waals surface area contributed by atoms with E-state index in [0.29, 0.717) is 34.5 Å². The molecule has 0 saturated heterocycles. The van der Waals surface area contributed by atoms with Crippen LogP contribution in [0.3, 0.4) is 0 Å². The van der Waals surface area contributed by atoms with Crippen molar-refractivity contribution in [2.24, 2.45) is 0 Å². The van der Waals surface area contributed by atoms with Gasteiger partial charge in [0.15, 0.2) is 11.5 Å². The molecule has 0 bridgehead atoms. The number of fused-ring (bicyclic) bond motifs is 1. The maximum Gasteiger partial charge on any atom is 0.260 e. The molecule has 0 aliphatic rings. The molecule has 0 unspecified atom stereocenters. The molecule has 2 aromatic heterocycles. The van der Waals surface area contributed by atoms with Crippen molar-refractivity contribution in [2.75, 3.05) is 14.1 Å². The third-order valence-electron chi connectivity index (χ3n) is 5.18. The summed E-state index contributed by atoms with van der Waals surface area (Å²) in [6.45, 7) is 2.20. The summed E-state index contributed by atoms with van der Waals surface area (Å²) in [6.07, 6.45) is 1.60. The van der Waals surface area contributed by atoms with Crippen molar-refractivity contribution >= 4 is 5.65 Å². The van der Waals surface area contributed by atoms with E-state index < -0.39 is 5.82 Å². The Hall–Kier alpha value is -3.25. The smallest absolute Gasteiger partial charge is 0.260 e. The zero-order chi connectivity index (χ0) is 21.4. The molecule has 0 aliphatic heterocycles. The second-order valence-corrected chi connectivity index (χ2v) is 7.74. The maximum atomic E-state index is 15.9. The largest absolute Gasteiger partial charge is 0.327 e. The molecule has 4 nitrogen and oxygen atoms in total. The van der Waals surface area contributed by atoms with E-state index in [1.165, 1.54) is 10.5 Å². The average molecular weight is 407 g/mol. The molecule has 0 atom stereocenters. The Kier molecular flexibility index (Phi) is 5.26. The Morgan fingerprint density at radius 2 is 1.63 bits per heavy atom. The minimum atomic E-state index is -0.480. The Morgan fingerprint density at radius 1 is 0.967 bits per heavy atom. The normalized spacial score (nSPS) is 11.5. The Bertz CT molecular complexity index is 1270. The van der Waals surface area contributed by atoms with E-state index >= 15 is 4.39 Å². The summed E-state index contributed by atoms with van der Waals surface area (Å²) in [5, 5.41) is 0. The summed E-state index contributed by atoms with van der Waals surface area (Å²) in [7, 11) is 3.75. The van der Waals surface area contributed by atoms with Crippen LogP contribution in [0.1, 0.15) is 16.8 Å². The lowest BCUT2D eigenvalue weighted by Crippen LogP contribution is -2.24. The van der Waals surface area contributed by atoms with Gasteiger partial charge in [0.1, 0.15) is 5.82 Å². The second kappa shape index (κ2) is 7.88. The van der Waals surface area contributed by atoms with Crippen LogP contribution in [0.25, 0.3) is 16.8 Å². The summed E-state index contributed by atoms with van der Waals surface area (Å²) in [6, 6.07) is 15.6. The first-order chi connectivity index (χ1) is 14.4. The molecule has 4 rings (SSSR count). The van der Waals surface area contributed by atoms with Crippen molar-refractivity contribution in [3.8, 4) is 11.1 Å². The van der Waals surface area contributed by atoms with Gasteiger partial charge in [-0.3, -0.25) is 9.20 Å². The van der Waals surface area contributed by atoms with Gasteiger partial charge < -0.3 is 9.47 Å². The zero-order valence-electron chi connectivity index (χ0n) is 17.2. The standard InChI is InChI=1S/C24H23F2N3O/c1-16-13-28(14-18-11-7-8-12-19(18)25)23-22(26)21(17-9-5-4-6-10-17)20(15-27(2)3)29(23)24(16)30/h4-13H,14-15H2,1-3H3. The minimum Gasteiger partial charge on any atom is -0.327 e. The monoisotopic (exact) mass is 407 g/mol. The van der Waals surface area contributed by atoms with E-state index in [2.05, 4.69) is 0 Å². The van der Waals surface area contributed by atoms with Crippen LogP contribution in [0.4, 0.5) is 8.78 Å². The van der Waals surface area contributed by atoms with Crippen LogP contribution in [0.5, 0.6) is 0 Å². The van der Waals surface area contributed by atoms with Gasteiger partial charge in [-0.05, 0) is 32.6 Å². The molecule has 2 aromatic carbocycles. The number of rotatable bonds is 5. The van der Waals surface area contributed by atoms with E-state index in [1.54, 1.807) is 35.9 Å². The van der Waals surface area contributed by atoms with Gasteiger partial charge in [0.05, 0.1) is 12.2 Å². The van der Waals surface area contributed by atoms with Gasteiger partial charge in [-0.25, -0.2) is 8.78 Å². The quantitative estimate of drug-likeness (QED) is 0.489. The molecule has 4 aromatic rings. The van der Waals surface area contributed by atoms with E-state index in [1.807, 2.05) is 49.3 Å². The van der Waals surface area contributed by atoms with Crippen LogP contribution >= 0.6 is 0 Å². The molecule has 0 saturated carbocycles. The summed E-state index contributed by atoms with van der Waals surface area (Å²) in [4.78, 5) is 15.0. The maximum absolute atomic E-state index is 15.9. The van der Waals surface area contributed by atoms with Gasteiger partial charge in [0.2, 0.25) is 0 Å². The highest BCUT2D eigenvalue weighted by molar-refractivity contribution is 5.74. The number of hydrogen-bond acceptors (Lipinski definition) is 2. The van der Waals surface area contributed by atoms with Gasteiger partial charge in [0.25, 0.3) is 5.56 Å². The van der Waals surface area contributed by atoms with Gasteiger partial charge >= 0.3 is 0 Å². The van der Waals surface area contributed by atoms with Crippen molar-refractivity contribution in [3.63, 3.8) is 0 Å². The Labute approximate surface area is 173 Å². The van der Waals surface area contributed by atoms with Crippen molar-refractivity contribution < 1.29 is 8.78 Å². The fourth-order valence-corrected chi connectivity index (χ4v) is 3.85. The summed E-state index contributed by atoms with van der Waals surface area (Å²) in [5.74, 6) is -0.845. The summed E-state index contributed by atoms with van der Waals surface area (Å²) in [5.41, 5.74) is 2.44. The van der Waals surface area contributed by atoms with Crippen LogP contribution in [-0.2, 0) is 13.1 Å². The predicted octanol–water partition coefficient (Wildman–Crippen LogP) is 4.46. The van der Waals surface area contributed by atoms with Gasteiger partial charge in [0, 0.05) is 29.4 Å². The number of benzene rings is 2. The average Bonchev–Trinajstić information content (AvgIpc) is 3.00. The van der Waals surface area contributed by atoms with Crippen molar-refractivity contribution in [2.45, 2.75) is 20.0 Å². The molecule has 6 heteroatoms. The fourth-order valence-electron chi connectivity index (χ4n) is 3.85. The molecule has 0 aliphatic carbocycles. The Morgan fingerprint density at radius 3 is 2.30 bits per heavy atom. The van der Waals surface area contributed by atoms with Crippen LogP contribution in [0.15, 0.2) is 65.6 Å². The second-order valence-electron chi connectivity index (χ2n) is 7.74. The fraction of sp³-hybridized carbons (Fsp3) is 0.208. The first kappa shape index (κ1) is 20.0. The van der Waals surface area contributed by atoms with Crippen molar-refractivity contribution in [1.82, 2.24) is 13.9 Å².